The minimum absolute atomic E-state index is 0.114. The molecule has 3 rings (SSSR count). The molecule has 18 heteroatoms. The number of carbonyl (C=O) groups is 3. The quantitative estimate of drug-likeness (QED) is 0.332. The van der Waals surface area contributed by atoms with Crippen LogP contribution in [0.3, 0.4) is 0 Å². The van der Waals surface area contributed by atoms with Crippen molar-refractivity contribution in [2.45, 2.75) is 67.2 Å². The first-order valence-corrected chi connectivity index (χ1v) is 13.8. The number of carbonyl (C=O) groups excluding carboxylic acids is 3. The van der Waals surface area contributed by atoms with Crippen LogP contribution in [-0.4, -0.2) is 92.0 Å². The van der Waals surface area contributed by atoms with E-state index in [4.69, 9.17) is 4.74 Å². The van der Waals surface area contributed by atoms with E-state index in [1.807, 2.05) is 0 Å². The molecule has 0 aliphatic carbocycles. The number of ketones is 2. The van der Waals surface area contributed by atoms with Gasteiger partial charge < -0.3 is 9.64 Å². The first-order valence-electron chi connectivity index (χ1n) is 12.4. The van der Waals surface area contributed by atoms with Gasteiger partial charge in [0.2, 0.25) is 10.0 Å². The number of methoxy groups -OCH3 is 1. The summed E-state index contributed by atoms with van der Waals surface area (Å²) in [5.74, 6) is -11.5. The summed E-state index contributed by atoms with van der Waals surface area (Å²) in [6.07, 6.45) is -20.4. The molecule has 1 amide bonds. The number of benzene rings is 1. The average Bonchev–Trinajstić information content (AvgIpc) is 2.90. The van der Waals surface area contributed by atoms with Crippen LogP contribution in [0.5, 0.6) is 0 Å². The summed E-state index contributed by atoms with van der Waals surface area (Å²) >= 11 is 0. The second-order valence-corrected chi connectivity index (χ2v) is 12.0. The number of piperidine rings is 2. The van der Waals surface area contributed by atoms with Gasteiger partial charge in [0.15, 0.2) is 5.54 Å². The highest BCUT2D eigenvalue weighted by Crippen LogP contribution is 2.44. The fraction of sp³-hybridized carbons (Fsp3) is 0.625. The number of Topliss-reactive ketones (excluding diaryl/α,β-unsaturated/α-hetero) is 2. The zero-order valence-electron chi connectivity index (χ0n) is 21.8. The molecule has 0 radical (unpaired) electrons. The SMILES string of the molecule is COC1CCN(S(=O)(=O)c2ccc(CC3CCN(C(=O)C(F)(F)F)C(C(=O)C(F)(F)F)(C(=O)C(F)(F)F)C3)cc2)CC1. The Kier molecular flexibility index (Phi) is 9.44. The third-order valence-electron chi connectivity index (χ3n) is 7.38. The van der Waals surface area contributed by atoms with E-state index in [0.29, 0.717) is 12.8 Å². The minimum atomic E-state index is -6.21. The summed E-state index contributed by atoms with van der Waals surface area (Å²) < 4.78 is 153. The van der Waals surface area contributed by atoms with Crippen molar-refractivity contribution in [2.75, 3.05) is 26.7 Å². The molecule has 0 saturated carbocycles. The maximum Gasteiger partial charge on any atom is 0.471 e. The summed E-state index contributed by atoms with van der Waals surface area (Å²) in [5, 5.41) is 0. The number of likely N-dealkylation sites (tertiary alicyclic amines) is 1. The number of rotatable bonds is 7. The van der Waals surface area contributed by atoms with E-state index in [1.54, 1.807) is 0 Å². The lowest BCUT2D eigenvalue weighted by Gasteiger charge is -2.47. The fourth-order valence-corrected chi connectivity index (χ4v) is 6.80. The lowest BCUT2D eigenvalue weighted by molar-refractivity contribution is -0.216. The van der Waals surface area contributed by atoms with Crippen LogP contribution in [0, 0.1) is 5.92 Å². The molecular formula is C24H25F9N2O6S. The zero-order chi connectivity index (χ0) is 31.9. The number of halogens is 9. The molecule has 1 aromatic carbocycles. The Bertz CT molecular complexity index is 1260. The predicted molar refractivity (Wildman–Crippen MR) is 124 cm³/mol. The number of nitrogens with zero attached hydrogens (tertiary/aromatic N) is 2. The van der Waals surface area contributed by atoms with Crippen LogP contribution in [0.25, 0.3) is 0 Å². The maximum atomic E-state index is 13.5. The van der Waals surface area contributed by atoms with Gasteiger partial charge in [-0.1, -0.05) is 12.1 Å². The van der Waals surface area contributed by atoms with Crippen LogP contribution in [0.1, 0.15) is 31.2 Å². The molecular weight excluding hydrogens is 615 g/mol. The van der Waals surface area contributed by atoms with E-state index in [2.05, 4.69) is 0 Å². The van der Waals surface area contributed by atoms with Crippen molar-refractivity contribution >= 4 is 27.5 Å². The largest absolute Gasteiger partial charge is 0.471 e. The highest BCUT2D eigenvalue weighted by molar-refractivity contribution is 7.89. The molecule has 0 bridgehead atoms. The van der Waals surface area contributed by atoms with Gasteiger partial charge in [0, 0.05) is 26.7 Å². The van der Waals surface area contributed by atoms with E-state index >= 15 is 0 Å². The molecule has 0 aromatic heterocycles. The van der Waals surface area contributed by atoms with Crippen molar-refractivity contribution in [3.8, 4) is 0 Å². The van der Waals surface area contributed by atoms with Crippen molar-refractivity contribution < 1.29 is 67.1 Å². The molecule has 8 nitrogen and oxygen atoms in total. The lowest BCUT2D eigenvalue weighted by atomic mass is 9.72. The number of amides is 1. The van der Waals surface area contributed by atoms with Crippen LogP contribution in [0.2, 0.25) is 0 Å². The van der Waals surface area contributed by atoms with Crippen molar-refractivity contribution in [3.63, 3.8) is 0 Å². The smallest absolute Gasteiger partial charge is 0.381 e. The molecule has 2 aliphatic heterocycles. The van der Waals surface area contributed by atoms with Crippen LogP contribution < -0.4 is 0 Å². The van der Waals surface area contributed by atoms with Crippen LogP contribution >= 0.6 is 0 Å². The van der Waals surface area contributed by atoms with Crippen molar-refractivity contribution in [1.29, 1.82) is 0 Å². The Hall–Kier alpha value is -2.73. The highest BCUT2D eigenvalue weighted by atomic mass is 32.2. The molecule has 1 aromatic rings. The average molecular weight is 641 g/mol. The first kappa shape index (κ1) is 33.8. The Morgan fingerprint density at radius 3 is 1.76 bits per heavy atom. The van der Waals surface area contributed by atoms with Crippen LogP contribution in [0.4, 0.5) is 39.5 Å². The number of hydrogen-bond donors (Lipinski definition) is 0. The molecule has 2 aliphatic rings. The molecule has 0 spiro atoms. The van der Waals surface area contributed by atoms with E-state index < -0.39 is 88.2 Å². The molecule has 2 fully saturated rings. The number of hydrogen-bond acceptors (Lipinski definition) is 6. The molecule has 1 atom stereocenters. The molecule has 2 heterocycles. The van der Waals surface area contributed by atoms with Gasteiger partial charge in [-0.2, -0.15) is 43.8 Å². The summed E-state index contributed by atoms with van der Waals surface area (Å²) in [5.41, 5.74) is -4.38. The minimum Gasteiger partial charge on any atom is -0.381 e. The highest BCUT2D eigenvalue weighted by Gasteiger charge is 2.70. The van der Waals surface area contributed by atoms with Gasteiger partial charge in [-0.3, -0.25) is 14.4 Å². The predicted octanol–water partition coefficient (Wildman–Crippen LogP) is 3.83. The second kappa shape index (κ2) is 11.7. The van der Waals surface area contributed by atoms with Crippen molar-refractivity contribution in [2.24, 2.45) is 5.92 Å². The molecule has 2 saturated heterocycles. The summed E-state index contributed by atoms with van der Waals surface area (Å²) in [4.78, 5) is 35.5. The second-order valence-electron chi connectivity index (χ2n) is 10.0. The lowest BCUT2D eigenvalue weighted by Crippen LogP contribution is -2.72. The standard InChI is InChI=1S/C24H25F9N2O6S/c1-41-16-7-9-34(10-8-16)42(39,40)17-4-2-14(3-5-17)12-15-6-11-35(20(38)24(31,32)33)21(13-15,18(36)22(25,26)27)19(37)23(28,29)30/h2-5,15-16H,6-13H2,1H3. The first-order chi connectivity index (χ1) is 19.2. The van der Waals surface area contributed by atoms with Gasteiger partial charge in [-0.05, 0) is 55.7 Å². The Morgan fingerprint density at radius 1 is 0.833 bits per heavy atom. The normalized spacial score (nSPS) is 21.3. The Morgan fingerprint density at radius 2 is 1.33 bits per heavy atom. The summed E-state index contributed by atoms with van der Waals surface area (Å²) in [6.45, 7) is -1.07. The van der Waals surface area contributed by atoms with Gasteiger partial charge in [0.05, 0.1) is 11.0 Å². The van der Waals surface area contributed by atoms with Gasteiger partial charge in [-0.25, -0.2) is 8.42 Å². The summed E-state index contributed by atoms with van der Waals surface area (Å²) in [6, 6.07) is 4.70. The topological polar surface area (TPSA) is 101 Å². The fourth-order valence-electron chi connectivity index (χ4n) is 5.33. The summed E-state index contributed by atoms with van der Waals surface area (Å²) in [7, 11) is -2.47. The van der Waals surface area contributed by atoms with E-state index in [0.717, 1.165) is 12.1 Å². The molecule has 236 valence electrons. The van der Waals surface area contributed by atoms with Crippen LogP contribution in [-0.2, 0) is 35.6 Å². The zero-order valence-corrected chi connectivity index (χ0v) is 22.6. The van der Waals surface area contributed by atoms with E-state index in [1.165, 1.54) is 23.5 Å². The number of sulfonamides is 1. The van der Waals surface area contributed by atoms with E-state index in [-0.39, 0.29) is 29.7 Å². The van der Waals surface area contributed by atoms with Crippen molar-refractivity contribution in [3.05, 3.63) is 29.8 Å². The van der Waals surface area contributed by atoms with Crippen LogP contribution in [0.15, 0.2) is 29.2 Å². The molecule has 0 N–H and O–H groups in total. The van der Waals surface area contributed by atoms with Gasteiger partial charge in [0.1, 0.15) is 0 Å². The van der Waals surface area contributed by atoms with Gasteiger partial charge in [0.25, 0.3) is 11.6 Å². The number of alkyl halides is 9. The monoisotopic (exact) mass is 640 g/mol. The third kappa shape index (κ3) is 6.74. The Balaban J connectivity index is 1.93. The van der Waals surface area contributed by atoms with E-state index in [9.17, 15) is 62.3 Å². The third-order valence-corrected chi connectivity index (χ3v) is 9.29. The Labute approximate surface area is 233 Å². The number of ether oxygens (including phenoxy) is 1. The van der Waals surface area contributed by atoms with Crippen molar-refractivity contribution in [1.82, 2.24) is 9.21 Å². The van der Waals surface area contributed by atoms with Gasteiger partial charge >= 0.3 is 24.4 Å². The maximum absolute atomic E-state index is 13.5. The molecule has 42 heavy (non-hydrogen) atoms. The molecule has 1 unspecified atom stereocenters. The van der Waals surface area contributed by atoms with Gasteiger partial charge in [-0.15, -0.1) is 0 Å².